The standard InChI is InChI=1S/C18H38N4O2S.HI/c1-6-16-10-8-9-13-22(16)14-11-20-17(19-7-2)21-12-15-25(23,24)18(3,4)5;/h16H,6-15H2,1-5H3,(H2,19,20,21);1H. The summed E-state index contributed by atoms with van der Waals surface area (Å²) in [7, 11) is -3.11. The number of aliphatic imine (C=N–C) groups is 1. The Balaban J connectivity index is 0.00000625. The molecular weight excluding hydrogens is 463 g/mol. The third-order valence-electron chi connectivity index (χ3n) is 4.82. The highest BCUT2D eigenvalue weighted by molar-refractivity contribution is 14.0. The van der Waals surface area contributed by atoms with Crippen molar-refractivity contribution in [3.8, 4) is 0 Å². The molecule has 0 aromatic rings. The normalized spacial score (nSPS) is 19.7. The van der Waals surface area contributed by atoms with Gasteiger partial charge in [0.25, 0.3) is 0 Å². The number of nitrogens with zero attached hydrogens (tertiary/aromatic N) is 2. The zero-order valence-corrected chi connectivity index (χ0v) is 20.3. The average Bonchev–Trinajstić information content (AvgIpc) is 2.54. The molecule has 0 saturated carbocycles. The minimum atomic E-state index is -3.11. The van der Waals surface area contributed by atoms with E-state index in [0.717, 1.165) is 19.6 Å². The molecule has 1 heterocycles. The first-order valence-electron chi connectivity index (χ1n) is 9.69. The number of hydrogen-bond donors (Lipinski definition) is 2. The number of likely N-dealkylation sites (tertiary alicyclic amines) is 1. The van der Waals surface area contributed by atoms with Crippen LogP contribution in [0.1, 0.15) is 60.3 Å². The van der Waals surface area contributed by atoms with Gasteiger partial charge in [0.05, 0.1) is 17.0 Å². The van der Waals surface area contributed by atoms with Gasteiger partial charge in [0.2, 0.25) is 0 Å². The van der Waals surface area contributed by atoms with E-state index >= 15 is 0 Å². The van der Waals surface area contributed by atoms with Gasteiger partial charge in [-0.15, -0.1) is 24.0 Å². The fourth-order valence-electron chi connectivity index (χ4n) is 3.06. The largest absolute Gasteiger partial charge is 0.357 e. The second-order valence-corrected chi connectivity index (χ2v) is 10.6. The number of guanidine groups is 1. The number of hydrogen-bond acceptors (Lipinski definition) is 4. The molecular formula is C18H39IN4O2S. The van der Waals surface area contributed by atoms with Crippen molar-refractivity contribution >= 4 is 39.8 Å². The molecule has 6 nitrogen and oxygen atoms in total. The van der Waals surface area contributed by atoms with Gasteiger partial charge in [0, 0.05) is 25.7 Å². The van der Waals surface area contributed by atoms with Crippen LogP contribution in [0.3, 0.4) is 0 Å². The Bertz CT molecular complexity index is 518. The van der Waals surface area contributed by atoms with E-state index < -0.39 is 14.6 Å². The Labute approximate surface area is 177 Å². The predicted molar refractivity (Wildman–Crippen MR) is 122 cm³/mol. The van der Waals surface area contributed by atoms with Crippen molar-refractivity contribution in [1.29, 1.82) is 0 Å². The van der Waals surface area contributed by atoms with E-state index in [1.807, 2.05) is 6.92 Å². The maximum atomic E-state index is 12.2. The fraction of sp³-hybridized carbons (Fsp3) is 0.944. The first-order chi connectivity index (χ1) is 11.7. The summed E-state index contributed by atoms with van der Waals surface area (Å²) in [5.74, 6) is 0.821. The Kier molecular flexibility index (Phi) is 12.3. The van der Waals surface area contributed by atoms with Crippen LogP contribution in [0.2, 0.25) is 0 Å². The number of nitrogens with one attached hydrogen (secondary N) is 2. The molecule has 1 aliphatic heterocycles. The van der Waals surface area contributed by atoms with E-state index in [-0.39, 0.29) is 29.7 Å². The summed E-state index contributed by atoms with van der Waals surface area (Å²) in [6, 6.07) is 0.691. The number of piperidine rings is 1. The smallest absolute Gasteiger partial charge is 0.191 e. The molecule has 8 heteroatoms. The topological polar surface area (TPSA) is 73.8 Å². The first kappa shape index (κ1) is 25.9. The molecule has 1 unspecified atom stereocenters. The molecule has 0 spiro atoms. The Morgan fingerprint density at radius 1 is 1.19 bits per heavy atom. The number of sulfone groups is 1. The number of rotatable bonds is 8. The van der Waals surface area contributed by atoms with Crippen molar-refractivity contribution in [2.24, 2.45) is 4.99 Å². The van der Waals surface area contributed by atoms with E-state index in [9.17, 15) is 8.42 Å². The lowest BCUT2D eigenvalue weighted by molar-refractivity contribution is 0.148. The van der Waals surface area contributed by atoms with Crippen LogP contribution in [0.5, 0.6) is 0 Å². The van der Waals surface area contributed by atoms with Crippen molar-refractivity contribution in [3.63, 3.8) is 0 Å². The molecule has 26 heavy (non-hydrogen) atoms. The lowest BCUT2D eigenvalue weighted by atomic mass is 10.0. The highest BCUT2D eigenvalue weighted by Gasteiger charge is 2.28. The molecule has 0 radical (unpaired) electrons. The van der Waals surface area contributed by atoms with Gasteiger partial charge in [0.1, 0.15) is 0 Å². The van der Waals surface area contributed by atoms with E-state index in [4.69, 9.17) is 0 Å². The lowest BCUT2D eigenvalue weighted by Gasteiger charge is -2.34. The van der Waals surface area contributed by atoms with Crippen LogP contribution in [0, 0.1) is 0 Å². The van der Waals surface area contributed by atoms with Gasteiger partial charge in [-0.3, -0.25) is 9.89 Å². The molecule has 2 N–H and O–H groups in total. The fourth-order valence-corrected chi connectivity index (χ4v) is 4.04. The van der Waals surface area contributed by atoms with E-state index in [1.54, 1.807) is 20.8 Å². The summed E-state index contributed by atoms with van der Waals surface area (Å²) in [4.78, 5) is 7.16. The summed E-state index contributed by atoms with van der Waals surface area (Å²) in [5, 5.41) is 6.35. The molecule has 0 aliphatic carbocycles. The van der Waals surface area contributed by atoms with Gasteiger partial charge >= 0.3 is 0 Å². The van der Waals surface area contributed by atoms with Crippen molar-refractivity contribution in [2.45, 2.75) is 71.1 Å². The highest BCUT2D eigenvalue weighted by Crippen LogP contribution is 2.18. The minimum absolute atomic E-state index is 0. The summed E-state index contributed by atoms with van der Waals surface area (Å²) >= 11 is 0. The quantitative estimate of drug-likeness (QED) is 0.303. The van der Waals surface area contributed by atoms with Crippen molar-refractivity contribution in [1.82, 2.24) is 15.5 Å². The zero-order valence-electron chi connectivity index (χ0n) is 17.2. The molecule has 1 saturated heterocycles. The molecule has 0 bridgehead atoms. The van der Waals surface area contributed by atoms with Gasteiger partial charge in [-0.1, -0.05) is 13.3 Å². The van der Waals surface area contributed by atoms with Gasteiger partial charge in [-0.2, -0.15) is 0 Å². The number of halogens is 1. The molecule has 1 rings (SSSR count). The SMILES string of the molecule is CCNC(=NCCN1CCCCC1CC)NCCS(=O)(=O)C(C)(C)C.I. The van der Waals surface area contributed by atoms with E-state index in [2.05, 4.69) is 27.4 Å². The summed E-state index contributed by atoms with van der Waals surface area (Å²) in [6.07, 6.45) is 5.11. The van der Waals surface area contributed by atoms with Gasteiger partial charge in [-0.05, 0) is 53.5 Å². The van der Waals surface area contributed by atoms with Crippen molar-refractivity contribution < 1.29 is 8.42 Å². The Hall–Kier alpha value is -0.0900. The van der Waals surface area contributed by atoms with Crippen LogP contribution in [0.15, 0.2) is 4.99 Å². The predicted octanol–water partition coefficient (Wildman–Crippen LogP) is 2.64. The lowest BCUT2D eigenvalue weighted by Crippen LogP contribution is -2.43. The zero-order chi connectivity index (χ0) is 18.9. The Morgan fingerprint density at radius 3 is 2.46 bits per heavy atom. The van der Waals surface area contributed by atoms with Crippen LogP contribution in [0.25, 0.3) is 0 Å². The average molecular weight is 503 g/mol. The second kappa shape index (κ2) is 12.4. The summed E-state index contributed by atoms with van der Waals surface area (Å²) < 4.78 is 23.6. The van der Waals surface area contributed by atoms with Gasteiger partial charge in [-0.25, -0.2) is 8.42 Å². The third-order valence-corrected chi connectivity index (χ3v) is 7.43. The molecule has 0 aromatic carbocycles. The van der Waals surface area contributed by atoms with Crippen LogP contribution < -0.4 is 10.6 Å². The molecule has 0 amide bonds. The monoisotopic (exact) mass is 502 g/mol. The molecule has 156 valence electrons. The third kappa shape index (κ3) is 8.73. The maximum absolute atomic E-state index is 12.2. The highest BCUT2D eigenvalue weighted by atomic mass is 127. The molecule has 1 aliphatic rings. The molecule has 1 fully saturated rings. The van der Waals surface area contributed by atoms with Crippen LogP contribution in [-0.2, 0) is 9.84 Å². The van der Waals surface area contributed by atoms with Crippen LogP contribution >= 0.6 is 24.0 Å². The van der Waals surface area contributed by atoms with Crippen molar-refractivity contribution in [3.05, 3.63) is 0 Å². The maximum Gasteiger partial charge on any atom is 0.191 e. The minimum Gasteiger partial charge on any atom is -0.357 e. The Morgan fingerprint density at radius 2 is 1.88 bits per heavy atom. The molecule has 1 atom stereocenters. The second-order valence-electron chi connectivity index (χ2n) is 7.71. The summed E-state index contributed by atoms with van der Waals surface area (Å²) in [6.45, 7) is 13.5. The van der Waals surface area contributed by atoms with Gasteiger partial charge in [0.15, 0.2) is 15.8 Å². The first-order valence-corrected chi connectivity index (χ1v) is 11.3. The van der Waals surface area contributed by atoms with Crippen LogP contribution in [-0.4, -0.2) is 68.5 Å². The van der Waals surface area contributed by atoms with Crippen LogP contribution in [0.4, 0.5) is 0 Å². The van der Waals surface area contributed by atoms with E-state index in [1.165, 1.54) is 32.2 Å². The summed E-state index contributed by atoms with van der Waals surface area (Å²) in [5.41, 5.74) is 0. The van der Waals surface area contributed by atoms with Gasteiger partial charge < -0.3 is 10.6 Å². The molecule has 0 aromatic heterocycles. The van der Waals surface area contributed by atoms with E-state index in [0.29, 0.717) is 18.5 Å². The van der Waals surface area contributed by atoms with Crippen molar-refractivity contribution in [2.75, 3.05) is 38.5 Å².